The van der Waals surface area contributed by atoms with E-state index in [1.165, 1.54) is 0 Å². The minimum atomic E-state index is -0.0224. The number of hydrogen-bond acceptors (Lipinski definition) is 2. The molecule has 1 amide bonds. The summed E-state index contributed by atoms with van der Waals surface area (Å²) in [6, 6.07) is 3.67. The van der Waals surface area contributed by atoms with Gasteiger partial charge in [-0.3, -0.25) is 9.89 Å². The van der Waals surface area contributed by atoms with Crippen LogP contribution in [0.2, 0.25) is 10.0 Å². The first-order valence-corrected chi connectivity index (χ1v) is 7.60. The van der Waals surface area contributed by atoms with Crippen LogP contribution in [0.3, 0.4) is 0 Å². The van der Waals surface area contributed by atoms with E-state index < -0.39 is 0 Å². The van der Waals surface area contributed by atoms with Crippen LogP contribution in [0.25, 0.3) is 22.0 Å². The Bertz CT molecular complexity index is 898. The number of rotatable bonds is 1. The van der Waals surface area contributed by atoms with Crippen molar-refractivity contribution < 1.29 is 4.79 Å². The van der Waals surface area contributed by atoms with E-state index in [2.05, 4.69) is 10.2 Å². The van der Waals surface area contributed by atoms with Crippen LogP contribution in [0.1, 0.15) is 10.5 Å². The molecule has 112 valence electrons. The molecule has 0 unspecified atom stereocenters. The maximum Gasteiger partial charge on any atom is 0.270 e. The van der Waals surface area contributed by atoms with E-state index in [0.29, 0.717) is 28.8 Å². The predicted octanol–water partition coefficient (Wildman–Crippen LogP) is 3.42. The fraction of sp³-hybridized carbons (Fsp3) is 0.200. The number of hydrogen-bond donors (Lipinski definition) is 1. The van der Waals surface area contributed by atoms with Gasteiger partial charge in [-0.15, -0.1) is 0 Å². The van der Waals surface area contributed by atoms with Crippen LogP contribution in [-0.2, 0) is 6.54 Å². The third kappa shape index (κ3) is 1.72. The topological polar surface area (TPSA) is 53.9 Å². The van der Waals surface area contributed by atoms with E-state index in [-0.39, 0.29) is 5.91 Å². The Labute approximate surface area is 136 Å². The number of H-pyrrole nitrogens is 1. The Morgan fingerprint density at radius 2 is 2.09 bits per heavy atom. The molecule has 3 aromatic rings. The van der Waals surface area contributed by atoms with E-state index in [1.54, 1.807) is 30.4 Å². The van der Waals surface area contributed by atoms with Crippen LogP contribution in [0.4, 0.5) is 0 Å². The second-order valence-corrected chi connectivity index (χ2v) is 6.13. The fourth-order valence-electron chi connectivity index (χ4n) is 3.04. The highest BCUT2D eigenvalue weighted by molar-refractivity contribution is 6.45. The first-order valence-electron chi connectivity index (χ1n) is 6.84. The highest BCUT2D eigenvalue weighted by Crippen LogP contribution is 2.41. The average molecular weight is 335 g/mol. The molecule has 4 rings (SSSR count). The van der Waals surface area contributed by atoms with Crippen molar-refractivity contribution in [3.8, 4) is 11.1 Å². The molecular weight excluding hydrogens is 323 g/mol. The molecule has 7 heteroatoms. The van der Waals surface area contributed by atoms with Gasteiger partial charge >= 0.3 is 0 Å². The number of carbonyl (C=O) groups excluding carboxylic acids is 1. The molecule has 0 bridgehead atoms. The van der Waals surface area contributed by atoms with Gasteiger partial charge in [0.1, 0.15) is 5.69 Å². The van der Waals surface area contributed by atoms with Gasteiger partial charge in [0.15, 0.2) is 0 Å². The van der Waals surface area contributed by atoms with Gasteiger partial charge in [-0.2, -0.15) is 5.10 Å². The molecule has 1 aliphatic heterocycles. The number of nitrogens with one attached hydrogen (secondary N) is 1. The smallest absolute Gasteiger partial charge is 0.270 e. The highest BCUT2D eigenvalue weighted by atomic mass is 35.5. The number of halogens is 2. The minimum absolute atomic E-state index is 0.0224. The number of amides is 1. The number of aromatic nitrogens is 3. The van der Waals surface area contributed by atoms with Crippen LogP contribution in [0.5, 0.6) is 0 Å². The third-order valence-corrected chi connectivity index (χ3v) is 4.90. The van der Waals surface area contributed by atoms with Crippen molar-refractivity contribution >= 4 is 40.0 Å². The van der Waals surface area contributed by atoms with Crippen molar-refractivity contribution in [2.24, 2.45) is 0 Å². The third-order valence-electron chi connectivity index (χ3n) is 4.11. The second-order valence-electron chi connectivity index (χ2n) is 5.35. The van der Waals surface area contributed by atoms with Crippen molar-refractivity contribution in [1.29, 1.82) is 0 Å². The van der Waals surface area contributed by atoms with Crippen molar-refractivity contribution in [2.45, 2.75) is 6.54 Å². The molecule has 0 atom stereocenters. The Morgan fingerprint density at radius 1 is 1.27 bits per heavy atom. The zero-order chi connectivity index (χ0) is 15.4. The SMILES string of the molecule is CN1CCn2c(c(-c3cn[nH]c3)c3ccc(Cl)c(Cl)c32)C1=O. The summed E-state index contributed by atoms with van der Waals surface area (Å²) in [5.74, 6) is -0.0224. The molecule has 0 fully saturated rings. The monoisotopic (exact) mass is 334 g/mol. The summed E-state index contributed by atoms with van der Waals surface area (Å²) in [5.41, 5.74) is 3.15. The quantitative estimate of drug-likeness (QED) is 0.741. The Kier molecular flexibility index (Phi) is 2.96. The first kappa shape index (κ1) is 13.7. The Hall–Kier alpha value is -1.98. The number of aromatic amines is 1. The fourth-order valence-corrected chi connectivity index (χ4v) is 3.46. The van der Waals surface area contributed by atoms with Crippen LogP contribution >= 0.6 is 23.2 Å². The second kappa shape index (κ2) is 4.76. The molecule has 0 spiro atoms. The average Bonchev–Trinajstić information content (AvgIpc) is 3.12. The van der Waals surface area contributed by atoms with Crippen LogP contribution in [0.15, 0.2) is 24.5 Å². The lowest BCUT2D eigenvalue weighted by Crippen LogP contribution is -2.37. The lowest BCUT2D eigenvalue weighted by atomic mass is 10.0. The van der Waals surface area contributed by atoms with Gasteiger partial charge in [-0.1, -0.05) is 29.3 Å². The number of fused-ring (bicyclic) bond motifs is 3. The molecule has 2 aromatic heterocycles. The zero-order valence-electron chi connectivity index (χ0n) is 11.7. The molecule has 22 heavy (non-hydrogen) atoms. The van der Waals surface area contributed by atoms with Gasteiger partial charge < -0.3 is 9.47 Å². The maximum absolute atomic E-state index is 12.7. The summed E-state index contributed by atoms with van der Waals surface area (Å²) in [7, 11) is 1.80. The molecule has 0 aliphatic carbocycles. The van der Waals surface area contributed by atoms with Crippen molar-refractivity contribution in [3.63, 3.8) is 0 Å². The number of benzene rings is 1. The van der Waals surface area contributed by atoms with Gasteiger partial charge in [-0.05, 0) is 6.07 Å². The summed E-state index contributed by atoms with van der Waals surface area (Å²) >= 11 is 12.6. The highest BCUT2D eigenvalue weighted by Gasteiger charge is 2.31. The Balaban J connectivity index is 2.18. The van der Waals surface area contributed by atoms with Crippen LogP contribution in [-0.4, -0.2) is 39.2 Å². The summed E-state index contributed by atoms with van der Waals surface area (Å²) in [5, 5.41) is 8.67. The summed E-state index contributed by atoms with van der Waals surface area (Å²) in [4.78, 5) is 14.4. The molecule has 0 saturated carbocycles. The molecule has 1 aliphatic rings. The van der Waals surface area contributed by atoms with Crippen LogP contribution < -0.4 is 0 Å². The molecule has 0 saturated heterocycles. The summed E-state index contributed by atoms with van der Waals surface area (Å²) in [6.07, 6.45) is 3.49. The summed E-state index contributed by atoms with van der Waals surface area (Å²) in [6.45, 7) is 1.33. The standard InChI is InChI=1S/C15H12Cl2N4O/c1-20-4-5-21-13-9(2-3-10(16)12(13)17)11(14(21)15(20)22)8-6-18-19-7-8/h2-3,6-7H,4-5H2,1H3,(H,18,19). The van der Waals surface area contributed by atoms with Gasteiger partial charge in [-0.25, -0.2) is 0 Å². The lowest BCUT2D eigenvalue weighted by molar-refractivity contribution is 0.0752. The largest absolute Gasteiger partial charge is 0.339 e. The van der Waals surface area contributed by atoms with Crippen LogP contribution in [0, 0.1) is 0 Å². The van der Waals surface area contributed by atoms with E-state index in [4.69, 9.17) is 23.2 Å². The normalized spacial score (nSPS) is 14.7. The number of likely N-dealkylation sites (N-methyl/N-ethyl adjacent to an activating group) is 1. The van der Waals surface area contributed by atoms with E-state index in [0.717, 1.165) is 22.0 Å². The molecule has 0 radical (unpaired) electrons. The summed E-state index contributed by atoms with van der Waals surface area (Å²) < 4.78 is 1.97. The molecule has 3 heterocycles. The van der Waals surface area contributed by atoms with E-state index in [1.807, 2.05) is 10.6 Å². The van der Waals surface area contributed by atoms with Crippen molar-refractivity contribution in [1.82, 2.24) is 19.7 Å². The Morgan fingerprint density at radius 3 is 2.82 bits per heavy atom. The zero-order valence-corrected chi connectivity index (χ0v) is 13.2. The first-order chi connectivity index (χ1) is 10.6. The van der Waals surface area contributed by atoms with Crippen molar-refractivity contribution in [3.05, 3.63) is 40.3 Å². The predicted molar refractivity (Wildman–Crippen MR) is 86.5 cm³/mol. The number of carbonyl (C=O) groups is 1. The molecule has 1 N–H and O–H groups in total. The van der Waals surface area contributed by atoms with Gasteiger partial charge in [0, 0.05) is 42.8 Å². The van der Waals surface area contributed by atoms with Gasteiger partial charge in [0.05, 0.1) is 21.8 Å². The molecule has 5 nitrogen and oxygen atoms in total. The maximum atomic E-state index is 12.7. The van der Waals surface area contributed by atoms with Gasteiger partial charge in [0.25, 0.3) is 5.91 Å². The van der Waals surface area contributed by atoms with Gasteiger partial charge in [0.2, 0.25) is 0 Å². The van der Waals surface area contributed by atoms with E-state index in [9.17, 15) is 4.79 Å². The van der Waals surface area contributed by atoms with E-state index >= 15 is 0 Å². The number of nitrogens with zero attached hydrogens (tertiary/aromatic N) is 3. The minimum Gasteiger partial charge on any atom is -0.339 e. The molecular formula is C15H12Cl2N4O. The molecule has 1 aromatic carbocycles. The lowest BCUT2D eigenvalue weighted by Gasteiger charge is -2.25. The van der Waals surface area contributed by atoms with Crippen molar-refractivity contribution in [2.75, 3.05) is 13.6 Å².